The van der Waals surface area contributed by atoms with Gasteiger partial charge in [0.05, 0.1) is 5.02 Å². The average Bonchev–Trinajstić information content (AvgIpc) is 3.26. The molecule has 27 heavy (non-hydrogen) atoms. The van der Waals surface area contributed by atoms with E-state index in [1.54, 1.807) is 6.07 Å². The predicted molar refractivity (Wildman–Crippen MR) is 101 cm³/mol. The van der Waals surface area contributed by atoms with Crippen molar-refractivity contribution in [3.05, 3.63) is 51.6 Å². The Kier molecular flexibility index (Phi) is 5.16. The van der Waals surface area contributed by atoms with Crippen molar-refractivity contribution in [1.82, 2.24) is 25.7 Å². The van der Waals surface area contributed by atoms with E-state index in [9.17, 15) is 9.18 Å². The molecule has 1 aromatic carbocycles. The summed E-state index contributed by atoms with van der Waals surface area (Å²) in [6.45, 7) is 2.97. The number of nitrogens with one attached hydrogen (secondary N) is 3. The molecule has 0 radical (unpaired) electrons. The van der Waals surface area contributed by atoms with Gasteiger partial charge < -0.3 is 10.6 Å². The van der Waals surface area contributed by atoms with E-state index in [1.807, 2.05) is 13.1 Å². The van der Waals surface area contributed by atoms with E-state index in [4.69, 9.17) is 11.6 Å². The summed E-state index contributed by atoms with van der Waals surface area (Å²) in [5, 5.41) is 13.6. The summed E-state index contributed by atoms with van der Waals surface area (Å²) < 4.78 is 13.9. The molecule has 3 N–H and O–H groups in total. The Morgan fingerprint density at radius 3 is 3.15 bits per heavy atom. The smallest absolute Gasteiger partial charge is 0.272 e. The van der Waals surface area contributed by atoms with E-state index >= 15 is 0 Å². The summed E-state index contributed by atoms with van der Waals surface area (Å²) in [7, 11) is 2.02. The first-order valence-electron chi connectivity index (χ1n) is 9.25. The summed E-state index contributed by atoms with van der Waals surface area (Å²) in [4.78, 5) is 14.8. The molecule has 0 bridgehead atoms. The van der Waals surface area contributed by atoms with Crippen LogP contribution >= 0.6 is 11.6 Å². The van der Waals surface area contributed by atoms with Gasteiger partial charge in [0.15, 0.2) is 5.69 Å². The molecule has 2 unspecified atom stereocenters. The van der Waals surface area contributed by atoms with Gasteiger partial charge in [-0.2, -0.15) is 5.10 Å². The quantitative estimate of drug-likeness (QED) is 0.747. The highest BCUT2D eigenvalue weighted by molar-refractivity contribution is 6.30. The highest BCUT2D eigenvalue weighted by atomic mass is 35.5. The van der Waals surface area contributed by atoms with Gasteiger partial charge in [-0.15, -0.1) is 0 Å². The SMILES string of the molecule is CN1CCC(CNC(=O)c2n[nH]c3c2CNCC3)C1c1ccc(Cl)c(F)c1. The Bertz CT molecular complexity index is 855. The molecule has 144 valence electrons. The molecular weight excluding hydrogens is 369 g/mol. The molecule has 3 heterocycles. The van der Waals surface area contributed by atoms with Crippen LogP contribution in [0.15, 0.2) is 18.2 Å². The number of nitrogens with zero attached hydrogens (tertiary/aromatic N) is 2. The van der Waals surface area contributed by atoms with E-state index in [1.165, 1.54) is 6.07 Å². The Labute approximate surface area is 162 Å². The maximum Gasteiger partial charge on any atom is 0.272 e. The maximum atomic E-state index is 13.9. The monoisotopic (exact) mass is 391 g/mol. The molecule has 1 fully saturated rings. The van der Waals surface area contributed by atoms with Gasteiger partial charge in [-0.25, -0.2) is 4.39 Å². The first-order chi connectivity index (χ1) is 13.0. The van der Waals surface area contributed by atoms with Gasteiger partial charge in [0.2, 0.25) is 0 Å². The lowest BCUT2D eigenvalue weighted by Crippen LogP contribution is -2.34. The Balaban J connectivity index is 1.46. The van der Waals surface area contributed by atoms with Crippen LogP contribution in [-0.4, -0.2) is 47.7 Å². The van der Waals surface area contributed by atoms with Gasteiger partial charge in [-0.05, 0) is 43.6 Å². The van der Waals surface area contributed by atoms with Crippen LogP contribution < -0.4 is 10.6 Å². The summed E-state index contributed by atoms with van der Waals surface area (Å²) >= 11 is 5.82. The minimum absolute atomic E-state index is 0.0480. The van der Waals surface area contributed by atoms with Gasteiger partial charge in [0.25, 0.3) is 5.91 Å². The number of fused-ring (bicyclic) bond motifs is 1. The van der Waals surface area contributed by atoms with Crippen molar-refractivity contribution in [2.24, 2.45) is 5.92 Å². The Hall–Kier alpha value is -1.96. The highest BCUT2D eigenvalue weighted by Gasteiger charge is 2.34. The molecule has 2 aliphatic rings. The number of hydrogen-bond acceptors (Lipinski definition) is 4. The molecule has 0 spiro atoms. The number of H-pyrrole nitrogens is 1. The third-order valence-corrected chi connectivity index (χ3v) is 5.91. The van der Waals surface area contributed by atoms with Crippen molar-refractivity contribution in [3.63, 3.8) is 0 Å². The molecule has 1 amide bonds. The second kappa shape index (κ2) is 7.58. The predicted octanol–water partition coefficient (Wildman–Crippen LogP) is 2.27. The van der Waals surface area contributed by atoms with E-state index in [0.717, 1.165) is 42.8 Å². The third-order valence-electron chi connectivity index (χ3n) is 5.61. The first kappa shape index (κ1) is 18.4. The molecule has 0 aliphatic carbocycles. The summed E-state index contributed by atoms with van der Waals surface area (Å²) in [5.41, 5.74) is 3.35. The molecule has 6 nitrogen and oxygen atoms in total. The van der Waals surface area contributed by atoms with Crippen molar-refractivity contribution in [2.45, 2.75) is 25.4 Å². The van der Waals surface area contributed by atoms with Crippen molar-refractivity contribution in [1.29, 1.82) is 0 Å². The van der Waals surface area contributed by atoms with Crippen LogP contribution in [0.2, 0.25) is 5.02 Å². The second-order valence-electron chi connectivity index (χ2n) is 7.31. The topological polar surface area (TPSA) is 73.0 Å². The number of aromatic nitrogens is 2. The van der Waals surface area contributed by atoms with Crippen LogP contribution in [0.25, 0.3) is 0 Å². The molecule has 4 rings (SSSR count). The minimum atomic E-state index is -0.409. The molecule has 2 aliphatic heterocycles. The van der Waals surface area contributed by atoms with E-state index < -0.39 is 5.82 Å². The largest absolute Gasteiger partial charge is 0.350 e. The van der Waals surface area contributed by atoms with Crippen molar-refractivity contribution < 1.29 is 9.18 Å². The summed E-state index contributed by atoms with van der Waals surface area (Å²) in [6, 6.07) is 5.01. The lowest BCUT2D eigenvalue weighted by molar-refractivity contribution is 0.0937. The lowest BCUT2D eigenvalue weighted by Gasteiger charge is -2.26. The molecule has 8 heteroatoms. The number of amides is 1. The first-order valence-corrected chi connectivity index (χ1v) is 9.62. The molecular formula is C19H23ClFN5O. The Morgan fingerprint density at radius 1 is 1.48 bits per heavy atom. The molecule has 1 saturated heterocycles. The fourth-order valence-electron chi connectivity index (χ4n) is 4.18. The number of benzene rings is 1. The fourth-order valence-corrected chi connectivity index (χ4v) is 4.30. The van der Waals surface area contributed by atoms with Gasteiger partial charge in [-0.1, -0.05) is 17.7 Å². The number of hydrogen-bond donors (Lipinski definition) is 3. The number of likely N-dealkylation sites (tertiary alicyclic amines) is 1. The standard InChI is InChI=1S/C19H23ClFN5O/c1-26-7-5-12(18(26)11-2-3-14(20)15(21)8-11)9-23-19(27)17-13-10-22-6-4-16(13)24-25-17/h2-3,8,12,18,22H,4-7,9-10H2,1H3,(H,23,27)(H,24,25). The number of aromatic amines is 1. The average molecular weight is 392 g/mol. The number of halogens is 2. The van der Waals surface area contributed by atoms with Crippen molar-refractivity contribution in [2.75, 3.05) is 26.7 Å². The van der Waals surface area contributed by atoms with Crippen LogP contribution in [0.3, 0.4) is 0 Å². The third kappa shape index (κ3) is 3.59. The van der Waals surface area contributed by atoms with Gasteiger partial charge >= 0.3 is 0 Å². The fraction of sp³-hybridized carbons (Fsp3) is 0.474. The highest BCUT2D eigenvalue weighted by Crippen LogP contribution is 2.36. The second-order valence-corrected chi connectivity index (χ2v) is 7.72. The number of carbonyl (C=O) groups excluding carboxylic acids is 1. The molecule has 2 atom stereocenters. The summed E-state index contributed by atoms with van der Waals surface area (Å²) in [6.07, 6.45) is 1.79. The zero-order chi connectivity index (χ0) is 19.0. The van der Waals surface area contributed by atoms with Crippen LogP contribution in [0.5, 0.6) is 0 Å². The molecule has 1 aromatic heterocycles. The molecule has 0 saturated carbocycles. The van der Waals surface area contributed by atoms with E-state index in [2.05, 4.69) is 25.7 Å². The number of carbonyl (C=O) groups is 1. The summed E-state index contributed by atoms with van der Waals surface area (Å²) in [5.74, 6) is -0.368. The van der Waals surface area contributed by atoms with E-state index in [0.29, 0.717) is 18.8 Å². The van der Waals surface area contributed by atoms with Gasteiger partial charge in [0, 0.05) is 43.4 Å². The van der Waals surface area contributed by atoms with Gasteiger partial charge in [0.1, 0.15) is 5.82 Å². The van der Waals surface area contributed by atoms with Gasteiger partial charge in [-0.3, -0.25) is 14.8 Å². The van der Waals surface area contributed by atoms with Crippen LogP contribution in [-0.2, 0) is 13.0 Å². The normalized spacial score (nSPS) is 22.6. The maximum absolute atomic E-state index is 13.9. The van der Waals surface area contributed by atoms with Crippen LogP contribution in [0.4, 0.5) is 4.39 Å². The number of rotatable bonds is 4. The zero-order valence-electron chi connectivity index (χ0n) is 15.2. The zero-order valence-corrected chi connectivity index (χ0v) is 15.9. The van der Waals surface area contributed by atoms with Crippen LogP contribution in [0.1, 0.15) is 39.8 Å². The lowest BCUT2D eigenvalue weighted by atomic mass is 9.93. The van der Waals surface area contributed by atoms with Crippen molar-refractivity contribution >= 4 is 17.5 Å². The van der Waals surface area contributed by atoms with E-state index in [-0.39, 0.29) is 22.9 Å². The molecule has 2 aromatic rings. The van der Waals surface area contributed by atoms with Crippen LogP contribution in [0, 0.1) is 11.7 Å². The Morgan fingerprint density at radius 2 is 2.33 bits per heavy atom. The minimum Gasteiger partial charge on any atom is -0.350 e. The van der Waals surface area contributed by atoms with Crippen molar-refractivity contribution in [3.8, 4) is 0 Å².